The fourth-order valence-corrected chi connectivity index (χ4v) is 2.67. The van der Waals surface area contributed by atoms with Gasteiger partial charge in [0.05, 0.1) is 24.4 Å². The van der Waals surface area contributed by atoms with E-state index in [1.807, 2.05) is 31.2 Å². The highest BCUT2D eigenvalue weighted by Crippen LogP contribution is 2.30. The van der Waals surface area contributed by atoms with Crippen molar-refractivity contribution in [2.24, 2.45) is 0 Å². The maximum Gasteiger partial charge on any atom is 0.339 e. The minimum absolute atomic E-state index is 0.426. The molecule has 0 bridgehead atoms. The number of nitrogens with zero attached hydrogens (tertiary/aromatic N) is 1. The number of amides is 1. The van der Waals surface area contributed by atoms with E-state index in [0.29, 0.717) is 16.3 Å². The molecule has 25 heavy (non-hydrogen) atoms. The van der Waals surface area contributed by atoms with Crippen LogP contribution in [0, 0.1) is 6.92 Å². The SMILES string of the molecule is COC(=O)c1ccccc1Nc1cccc(C(C)N(O)C(C)=O)c1C. The molecule has 0 radical (unpaired) electrons. The van der Waals surface area contributed by atoms with Crippen molar-refractivity contribution in [3.05, 3.63) is 59.2 Å². The van der Waals surface area contributed by atoms with Gasteiger partial charge in [-0.3, -0.25) is 10.0 Å². The molecule has 0 fully saturated rings. The summed E-state index contributed by atoms with van der Waals surface area (Å²) in [6.07, 6.45) is 0. The maximum atomic E-state index is 11.9. The number of hydroxylamine groups is 2. The van der Waals surface area contributed by atoms with Crippen molar-refractivity contribution in [2.75, 3.05) is 12.4 Å². The minimum Gasteiger partial charge on any atom is -0.465 e. The van der Waals surface area contributed by atoms with Crippen molar-refractivity contribution in [3.63, 3.8) is 0 Å². The second-order valence-electron chi connectivity index (χ2n) is 5.72. The lowest BCUT2D eigenvalue weighted by Gasteiger charge is -2.24. The van der Waals surface area contributed by atoms with Crippen molar-refractivity contribution in [1.82, 2.24) is 5.06 Å². The van der Waals surface area contributed by atoms with Gasteiger partial charge in [-0.15, -0.1) is 0 Å². The summed E-state index contributed by atoms with van der Waals surface area (Å²) in [7, 11) is 1.34. The molecule has 1 amide bonds. The van der Waals surface area contributed by atoms with Crippen LogP contribution in [0.15, 0.2) is 42.5 Å². The first-order valence-electron chi connectivity index (χ1n) is 7.89. The van der Waals surface area contributed by atoms with Gasteiger partial charge in [0.25, 0.3) is 0 Å². The number of hydrogen-bond donors (Lipinski definition) is 2. The molecule has 2 rings (SSSR count). The summed E-state index contributed by atoms with van der Waals surface area (Å²) >= 11 is 0. The Labute approximate surface area is 147 Å². The number of benzene rings is 2. The number of esters is 1. The van der Waals surface area contributed by atoms with Gasteiger partial charge in [0.15, 0.2) is 0 Å². The highest BCUT2D eigenvalue weighted by molar-refractivity contribution is 5.96. The second-order valence-corrected chi connectivity index (χ2v) is 5.72. The first kappa shape index (κ1) is 18.5. The molecule has 2 N–H and O–H groups in total. The summed E-state index contributed by atoms with van der Waals surface area (Å²) in [5, 5.41) is 13.8. The van der Waals surface area contributed by atoms with Gasteiger partial charge in [0.2, 0.25) is 5.91 Å². The Bertz CT molecular complexity index is 789. The number of anilines is 2. The van der Waals surface area contributed by atoms with Gasteiger partial charge in [-0.05, 0) is 43.2 Å². The Morgan fingerprint density at radius 2 is 1.76 bits per heavy atom. The van der Waals surface area contributed by atoms with Crippen LogP contribution in [0.3, 0.4) is 0 Å². The fourth-order valence-electron chi connectivity index (χ4n) is 2.67. The van der Waals surface area contributed by atoms with Crippen LogP contribution >= 0.6 is 0 Å². The summed E-state index contributed by atoms with van der Waals surface area (Å²) in [6, 6.07) is 12.1. The molecule has 0 saturated heterocycles. The van der Waals surface area contributed by atoms with Crippen LogP contribution in [0.4, 0.5) is 11.4 Å². The average molecular weight is 342 g/mol. The normalized spacial score (nSPS) is 11.6. The van der Waals surface area contributed by atoms with Crippen LogP contribution < -0.4 is 5.32 Å². The average Bonchev–Trinajstić information content (AvgIpc) is 2.62. The summed E-state index contributed by atoms with van der Waals surface area (Å²) in [5.41, 5.74) is 3.50. The van der Waals surface area contributed by atoms with Crippen molar-refractivity contribution < 1.29 is 19.5 Å². The summed E-state index contributed by atoms with van der Waals surface area (Å²) in [4.78, 5) is 23.3. The van der Waals surface area contributed by atoms with E-state index in [-0.39, 0.29) is 0 Å². The highest BCUT2D eigenvalue weighted by atomic mass is 16.5. The number of nitrogens with one attached hydrogen (secondary N) is 1. The van der Waals surface area contributed by atoms with Crippen LogP contribution in [0.1, 0.15) is 41.4 Å². The molecule has 1 atom stereocenters. The first-order valence-corrected chi connectivity index (χ1v) is 7.89. The molecule has 0 aliphatic rings. The monoisotopic (exact) mass is 342 g/mol. The van der Waals surface area contributed by atoms with E-state index in [1.165, 1.54) is 14.0 Å². The molecule has 0 spiro atoms. The largest absolute Gasteiger partial charge is 0.465 e. The van der Waals surface area contributed by atoms with Gasteiger partial charge in [-0.25, -0.2) is 9.86 Å². The third kappa shape index (κ3) is 3.97. The fraction of sp³-hybridized carbons (Fsp3) is 0.263. The number of rotatable bonds is 5. The zero-order valence-electron chi connectivity index (χ0n) is 14.7. The van der Waals surface area contributed by atoms with Crippen LogP contribution in [0.5, 0.6) is 0 Å². The highest BCUT2D eigenvalue weighted by Gasteiger charge is 2.20. The van der Waals surface area contributed by atoms with E-state index in [2.05, 4.69) is 5.32 Å². The van der Waals surface area contributed by atoms with Gasteiger partial charge in [-0.1, -0.05) is 24.3 Å². The van der Waals surface area contributed by atoms with Crippen LogP contribution in [0.25, 0.3) is 0 Å². The smallest absolute Gasteiger partial charge is 0.339 e. The van der Waals surface area contributed by atoms with E-state index in [1.54, 1.807) is 25.1 Å². The lowest BCUT2D eigenvalue weighted by atomic mass is 10.00. The van der Waals surface area contributed by atoms with Crippen molar-refractivity contribution in [2.45, 2.75) is 26.8 Å². The van der Waals surface area contributed by atoms with Crippen LogP contribution in [0.2, 0.25) is 0 Å². The molecule has 1 unspecified atom stereocenters. The molecule has 0 heterocycles. The Morgan fingerprint density at radius 3 is 2.40 bits per heavy atom. The van der Waals surface area contributed by atoms with Crippen LogP contribution in [-0.4, -0.2) is 29.3 Å². The van der Waals surface area contributed by atoms with Crippen molar-refractivity contribution >= 4 is 23.3 Å². The summed E-state index contributed by atoms with van der Waals surface area (Å²) < 4.78 is 4.81. The predicted octanol–water partition coefficient (Wildman–Crippen LogP) is 3.82. The number of ether oxygens (including phenoxy) is 1. The van der Waals surface area contributed by atoms with Gasteiger partial charge < -0.3 is 10.1 Å². The Hall–Kier alpha value is -2.86. The number of carbonyl (C=O) groups excluding carboxylic acids is 2. The van der Waals surface area contributed by atoms with E-state index in [0.717, 1.165) is 16.8 Å². The molecule has 6 heteroatoms. The van der Waals surface area contributed by atoms with Crippen LogP contribution in [-0.2, 0) is 9.53 Å². The quantitative estimate of drug-likeness (QED) is 0.490. The second kappa shape index (κ2) is 7.81. The molecule has 2 aromatic rings. The maximum absolute atomic E-state index is 11.9. The van der Waals surface area contributed by atoms with Crippen molar-refractivity contribution in [3.8, 4) is 0 Å². The zero-order valence-corrected chi connectivity index (χ0v) is 14.7. The van der Waals surface area contributed by atoms with E-state index in [9.17, 15) is 14.8 Å². The van der Waals surface area contributed by atoms with Gasteiger partial charge in [-0.2, -0.15) is 0 Å². The zero-order chi connectivity index (χ0) is 18.6. The molecule has 0 aromatic heterocycles. The Morgan fingerprint density at radius 1 is 1.12 bits per heavy atom. The number of methoxy groups -OCH3 is 1. The van der Waals surface area contributed by atoms with E-state index in [4.69, 9.17) is 4.74 Å². The lowest BCUT2D eigenvalue weighted by Crippen LogP contribution is -2.28. The topological polar surface area (TPSA) is 78.9 Å². The molecule has 0 aliphatic carbocycles. The third-order valence-electron chi connectivity index (χ3n) is 4.12. The molecule has 0 aliphatic heterocycles. The third-order valence-corrected chi connectivity index (χ3v) is 4.12. The number of para-hydroxylation sites is 1. The van der Waals surface area contributed by atoms with E-state index >= 15 is 0 Å². The predicted molar refractivity (Wildman–Crippen MR) is 95.0 cm³/mol. The summed E-state index contributed by atoms with van der Waals surface area (Å²) in [5.74, 6) is -0.857. The molecular formula is C19H22N2O4. The molecule has 6 nitrogen and oxygen atoms in total. The Kier molecular flexibility index (Phi) is 5.77. The molecule has 0 saturated carbocycles. The molecular weight excluding hydrogens is 320 g/mol. The summed E-state index contributed by atoms with van der Waals surface area (Å²) in [6.45, 7) is 4.94. The number of hydrogen-bond acceptors (Lipinski definition) is 5. The van der Waals surface area contributed by atoms with Crippen molar-refractivity contribution in [1.29, 1.82) is 0 Å². The van der Waals surface area contributed by atoms with E-state index < -0.39 is 17.9 Å². The Balaban J connectivity index is 2.38. The standard InChI is InChI=1S/C19H22N2O4/c1-12-15(13(2)21(24)14(3)22)9-7-11-17(12)20-18-10-6-5-8-16(18)19(23)25-4/h5-11,13,20,24H,1-4H3. The lowest BCUT2D eigenvalue weighted by molar-refractivity contribution is -0.172. The van der Waals surface area contributed by atoms with Gasteiger partial charge >= 0.3 is 5.97 Å². The first-order chi connectivity index (χ1) is 11.9. The molecule has 2 aromatic carbocycles. The number of carbonyl (C=O) groups is 2. The van der Waals surface area contributed by atoms with Gasteiger partial charge in [0.1, 0.15) is 0 Å². The minimum atomic E-state index is -0.491. The molecule has 132 valence electrons. The van der Waals surface area contributed by atoms with Gasteiger partial charge in [0, 0.05) is 12.6 Å².